The molecular formula is C16H15BrF3N. The summed E-state index contributed by atoms with van der Waals surface area (Å²) in [5, 5.41) is 3.08. The molecule has 2 rings (SSSR count). The van der Waals surface area contributed by atoms with Gasteiger partial charge in [0.2, 0.25) is 0 Å². The fraction of sp³-hybridized carbons (Fsp3) is 0.250. The van der Waals surface area contributed by atoms with E-state index in [1.807, 2.05) is 6.92 Å². The molecule has 2 aromatic carbocycles. The van der Waals surface area contributed by atoms with Crippen molar-refractivity contribution < 1.29 is 13.2 Å². The van der Waals surface area contributed by atoms with E-state index in [9.17, 15) is 13.2 Å². The molecule has 21 heavy (non-hydrogen) atoms. The van der Waals surface area contributed by atoms with Gasteiger partial charge in [0.1, 0.15) is 17.5 Å². The van der Waals surface area contributed by atoms with Gasteiger partial charge in [0.15, 0.2) is 0 Å². The molecule has 0 fully saturated rings. The molecule has 1 unspecified atom stereocenters. The van der Waals surface area contributed by atoms with E-state index in [1.54, 1.807) is 18.2 Å². The van der Waals surface area contributed by atoms with Crippen molar-refractivity contribution in [3.63, 3.8) is 0 Å². The molecule has 0 amide bonds. The second-order valence-electron chi connectivity index (χ2n) is 4.66. The van der Waals surface area contributed by atoms with Crippen LogP contribution in [0.25, 0.3) is 0 Å². The topological polar surface area (TPSA) is 12.0 Å². The van der Waals surface area contributed by atoms with Gasteiger partial charge in [-0.2, -0.15) is 0 Å². The van der Waals surface area contributed by atoms with Crippen LogP contribution in [0, 0.1) is 17.5 Å². The molecule has 5 heteroatoms. The van der Waals surface area contributed by atoms with Crippen molar-refractivity contribution in [3.05, 3.63) is 69.4 Å². The molecule has 0 saturated carbocycles. The smallest absolute Gasteiger partial charge is 0.142 e. The SMILES string of the molecule is CCNC(Cc1c(F)cccc1F)c1cccc(Br)c1F. The van der Waals surface area contributed by atoms with Crippen LogP contribution in [0.5, 0.6) is 0 Å². The summed E-state index contributed by atoms with van der Waals surface area (Å²) >= 11 is 3.13. The molecule has 0 aliphatic rings. The van der Waals surface area contributed by atoms with Gasteiger partial charge < -0.3 is 5.32 Å². The summed E-state index contributed by atoms with van der Waals surface area (Å²) in [5.41, 5.74) is 0.344. The number of likely N-dealkylation sites (N-methyl/N-ethyl adjacent to an activating group) is 1. The van der Waals surface area contributed by atoms with Crippen molar-refractivity contribution in [1.29, 1.82) is 0 Å². The monoisotopic (exact) mass is 357 g/mol. The highest BCUT2D eigenvalue weighted by atomic mass is 79.9. The van der Waals surface area contributed by atoms with Gasteiger partial charge in [0, 0.05) is 17.2 Å². The number of benzene rings is 2. The van der Waals surface area contributed by atoms with Crippen LogP contribution in [-0.4, -0.2) is 6.54 Å². The van der Waals surface area contributed by atoms with Crippen molar-refractivity contribution >= 4 is 15.9 Å². The highest BCUT2D eigenvalue weighted by Gasteiger charge is 2.20. The molecule has 0 spiro atoms. The third-order valence-corrected chi connectivity index (χ3v) is 3.89. The van der Waals surface area contributed by atoms with Gasteiger partial charge in [-0.1, -0.05) is 25.1 Å². The van der Waals surface area contributed by atoms with Crippen LogP contribution in [-0.2, 0) is 6.42 Å². The largest absolute Gasteiger partial charge is 0.310 e. The Labute approximate surface area is 130 Å². The van der Waals surface area contributed by atoms with E-state index in [4.69, 9.17) is 0 Å². The first-order valence-corrected chi connectivity index (χ1v) is 7.44. The fourth-order valence-electron chi connectivity index (χ4n) is 2.26. The van der Waals surface area contributed by atoms with Crippen molar-refractivity contribution in [2.75, 3.05) is 6.54 Å². The Morgan fingerprint density at radius 1 is 1.05 bits per heavy atom. The summed E-state index contributed by atoms with van der Waals surface area (Å²) in [4.78, 5) is 0. The zero-order valence-corrected chi connectivity index (χ0v) is 13.1. The van der Waals surface area contributed by atoms with Gasteiger partial charge in [-0.15, -0.1) is 0 Å². The Balaban J connectivity index is 2.38. The minimum atomic E-state index is -0.617. The molecule has 0 saturated heterocycles. The third-order valence-electron chi connectivity index (χ3n) is 3.28. The normalized spacial score (nSPS) is 12.4. The Kier molecular flexibility index (Phi) is 5.42. The van der Waals surface area contributed by atoms with E-state index in [2.05, 4.69) is 21.2 Å². The lowest BCUT2D eigenvalue weighted by atomic mass is 9.97. The zero-order valence-electron chi connectivity index (χ0n) is 11.5. The average Bonchev–Trinajstić information content (AvgIpc) is 2.45. The minimum Gasteiger partial charge on any atom is -0.310 e. The third kappa shape index (κ3) is 3.66. The second kappa shape index (κ2) is 7.09. The Morgan fingerprint density at radius 2 is 1.67 bits per heavy atom. The van der Waals surface area contributed by atoms with E-state index >= 15 is 0 Å². The van der Waals surface area contributed by atoms with Crippen LogP contribution < -0.4 is 5.32 Å². The van der Waals surface area contributed by atoms with Gasteiger partial charge >= 0.3 is 0 Å². The molecule has 1 N–H and O–H groups in total. The molecule has 0 aliphatic heterocycles. The number of nitrogens with one attached hydrogen (secondary N) is 1. The molecule has 0 heterocycles. The van der Waals surface area contributed by atoms with E-state index in [0.717, 1.165) is 0 Å². The van der Waals surface area contributed by atoms with Crippen molar-refractivity contribution in [1.82, 2.24) is 5.32 Å². The van der Waals surface area contributed by atoms with Crippen LogP contribution in [0.15, 0.2) is 40.9 Å². The van der Waals surface area contributed by atoms with E-state index < -0.39 is 23.5 Å². The van der Waals surface area contributed by atoms with Crippen LogP contribution in [0.1, 0.15) is 24.1 Å². The summed E-state index contributed by atoms with van der Waals surface area (Å²) in [7, 11) is 0. The maximum Gasteiger partial charge on any atom is 0.142 e. The molecular weight excluding hydrogens is 343 g/mol. The molecule has 0 bridgehead atoms. The first-order valence-electron chi connectivity index (χ1n) is 6.64. The Bertz CT molecular complexity index is 611. The standard InChI is InChI=1S/C16H15BrF3N/c1-2-21-15(10-5-3-6-12(17)16(10)20)9-11-13(18)7-4-8-14(11)19/h3-8,15,21H,2,9H2,1H3. The van der Waals surface area contributed by atoms with Crippen molar-refractivity contribution in [3.8, 4) is 0 Å². The summed E-state index contributed by atoms with van der Waals surface area (Å²) < 4.78 is 42.1. The molecule has 0 aromatic heterocycles. The van der Waals surface area contributed by atoms with E-state index in [1.165, 1.54) is 18.2 Å². The van der Waals surface area contributed by atoms with Gasteiger partial charge in [-0.05, 0) is 47.1 Å². The van der Waals surface area contributed by atoms with Crippen molar-refractivity contribution in [2.45, 2.75) is 19.4 Å². The number of rotatable bonds is 5. The first kappa shape index (κ1) is 16.0. The predicted octanol–water partition coefficient (Wildman–Crippen LogP) is 4.76. The Hall–Kier alpha value is -1.33. The highest BCUT2D eigenvalue weighted by Crippen LogP contribution is 2.27. The molecule has 112 valence electrons. The van der Waals surface area contributed by atoms with E-state index in [-0.39, 0.29) is 12.0 Å². The zero-order chi connectivity index (χ0) is 15.4. The molecule has 1 nitrogen and oxygen atoms in total. The van der Waals surface area contributed by atoms with Gasteiger partial charge in [-0.25, -0.2) is 13.2 Å². The lowest BCUT2D eigenvalue weighted by Crippen LogP contribution is -2.25. The summed E-state index contributed by atoms with van der Waals surface area (Å²) in [6.45, 7) is 2.42. The molecule has 2 aromatic rings. The first-order chi connectivity index (χ1) is 10.0. The highest BCUT2D eigenvalue weighted by molar-refractivity contribution is 9.10. The average molecular weight is 358 g/mol. The van der Waals surface area contributed by atoms with Gasteiger partial charge in [0.25, 0.3) is 0 Å². The number of hydrogen-bond donors (Lipinski definition) is 1. The molecule has 0 radical (unpaired) electrons. The van der Waals surface area contributed by atoms with E-state index in [0.29, 0.717) is 16.6 Å². The number of halogens is 4. The Morgan fingerprint density at radius 3 is 2.29 bits per heavy atom. The summed E-state index contributed by atoms with van der Waals surface area (Å²) in [5.74, 6) is -1.65. The summed E-state index contributed by atoms with van der Waals surface area (Å²) in [6.07, 6.45) is 0.0414. The maximum absolute atomic E-state index is 14.2. The number of hydrogen-bond acceptors (Lipinski definition) is 1. The molecule has 0 aliphatic carbocycles. The quantitative estimate of drug-likeness (QED) is 0.813. The molecule has 1 atom stereocenters. The van der Waals surface area contributed by atoms with Crippen LogP contribution in [0.4, 0.5) is 13.2 Å². The van der Waals surface area contributed by atoms with Gasteiger partial charge in [-0.3, -0.25) is 0 Å². The van der Waals surface area contributed by atoms with Crippen LogP contribution in [0.2, 0.25) is 0 Å². The maximum atomic E-state index is 14.2. The van der Waals surface area contributed by atoms with Crippen molar-refractivity contribution in [2.24, 2.45) is 0 Å². The minimum absolute atomic E-state index is 0.0391. The fourth-order valence-corrected chi connectivity index (χ4v) is 2.64. The van der Waals surface area contributed by atoms with Crippen LogP contribution >= 0.6 is 15.9 Å². The van der Waals surface area contributed by atoms with Gasteiger partial charge in [0.05, 0.1) is 4.47 Å². The van der Waals surface area contributed by atoms with Crippen LogP contribution in [0.3, 0.4) is 0 Å². The summed E-state index contributed by atoms with van der Waals surface area (Å²) in [6, 6.07) is 8.13. The lowest BCUT2D eigenvalue weighted by Gasteiger charge is -2.20. The lowest BCUT2D eigenvalue weighted by molar-refractivity contribution is 0.479. The second-order valence-corrected chi connectivity index (χ2v) is 5.51. The predicted molar refractivity (Wildman–Crippen MR) is 80.6 cm³/mol.